The van der Waals surface area contributed by atoms with Crippen molar-refractivity contribution in [2.24, 2.45) is 7.05 Å². The van der Waals surface area contributed by atoms with E-state index in [1.165, 1.54) is 5.56 Å². The summed E-state index contributed by atoms with van der Waals surface area (Å²) in [4.78, 5) is 12.5. The number of halogens is 1. The molecule has 1 aliphatic carbocycles. The number of carbonyl (C=O) groups is 1. The van der Waals surface area contributed by atoms with Gasteiger partial charge >= 0.3 is 5.97 Å². The summed E-state index contributed by atoms with van der Waals surface area (Å²) in [5.41, 5.74) is 7.19. The van der Waals surface area contributed by atoms with Crippen molar-refractivity contribution in [3.8, 4) is 11.3 Å². The first kappa shape index (κ1) is 17.9. The molecule has 0 saturated carbocycles. The van der Waals surface area contributed by atoms with E-state index in [4.69, 9.17) is 21.4 Å². The first-order valence-electron chi connectivity index (χ1n) is 9.16. The molecule has 0 aliphatic heterocycles. The van der Waals surface area contributed by atoms with Gasteiger partial charge in [-0.3, -0.25) is 4.68 Å². The number of nitrogens with zero attached hydrogens (tertiary/aromatic N) is 3. The second kappa shape index (κ2) is 6.89. The zero-order valence-electron chi connectivity index (χ0n) is 15.8. The Morgan fingerprint density at radius 3 is 2.70 bits per heavy atom. The SMILES string of the molecule is CCOC(=O)c1c2c(c(C)n1C)-c1nn(Cc3ccc(Cl)cc3)cc1CC2. The van der Waals surface area contributed by atoms with Crippen molar-refractivity contribution < 1.29 is 9.53 Å². The smallest absolute Gasteiger partial charge is 0.355 e. The van der Waals surface area contributed by atoms with Crippen LogP contribution in [0.15, 0.2) is 30.5 Å². The van der Waals surface area contributed by atoms with E-state index in [0.717, 1.165) is 45.9 Å². The predicted molar refractivity (Wildman–Crippen MR) is 105 cm³/mol. The molecule has 1 aromatic carbocycles. The van der Waals surface area contributed by atoms with Gasteiger partial charge in [0.1, 0.15) is 5.69 Å². The monoisotopic (exact) mass is 383 g/mol. The number of aromatic nitrogens is 3. The summed E-state index contributed by atoms with van der Waals surface area (Å²) >= 11 is 5.97. The molecule has 4 rings (SSSR count). The molecule has 6 heteroatoms. The molecule has 0 N–H and O–H groups in total. The predicted octanol–water partition coefficient (Wildman–Crippen LogP) is 4.17. The van der Waals surface area contributed by atoms with Gasteiger partial charge in [-0.15, -0.1) is 0 Å². The van der Waals surface area contributed by atoms with Gasteiger partial charge in [-0.25, -0.2) is 4.79 Å². The zero-order valence-corrected chi connectivity index (χ0v) is 16.5. The van der Waals surface area contributed by atoms with Gasteiger partial charge in [-0.2, -0.15) is 5.10 Å². The van der Waals surface area contributed by atoms with Crippen molar-refractivity contribution in [2.45, 2.75) is 33.2 Å². The highest BCUT2D eigenvalue weighted by Gasteiger charge is 2.31. The molecule has 3 aromatic rings. The lowest BCUT2D eigenvalue weighted by molar-refractivity contribution is 0.0513. The molecule has 0 bridgehead atoms. The van der Waals surface area contributed by atoms with Gasteiger partial charge in [0.05, 0.1) is 18.8 Å². The number of ether oxygens (including phenoxy) is 1. The largest absolute Gasteiger partial charge is 0.461 e. The zero-order chi connectivity index (χ0) is 19.1. The first-order valence-corrected chi connectivity index (χ1v) is 9.53. The van der Waals surface area contributed by atoms with Gasteiger partial charge in [0.15, 0.2) is 0 Å². The topological polar surface area (TPSA) is 49.1 Å². The van der Waals surface area contributed by atoms with Crippen molar-refractivity contribution in [2.75, 3.05) is 6.61 Å². The Morgan fingerprint density at radius 2 is 2.00 bits per heavy atom. The lowest BCUT2D eigenvalue weighted by Crippen LogP contribution is -2.13. The number of fused-ring (bicyclic) bond motifs is 3. The number of benzene rings is 1. The average Bonchev–Trinajstić information content (AvgIpc) is 3.16. The Morgan fingerprint density at radius 1 is 1.26 bits per heavy atom. The Hall–Kier alpha value is -2.53. The van der Waals surface area contributed by atoms with Crippen LogP contribution in [0, 0.1) is 6.92 Å². The van der Waals surface area contributed by atoms with Crippen LogP contribution in [0.25, 0.3) is 11.3 Å². The minimum Gasteiger partial charge on any atom is -0.461 e. The highest BCUT2D eigenvalue weighted by Crippen LogP contribution is 2.38. The van der Waals surface area contributed by atoms with Crippen LogP contribution in [0.4, 0.5) is 0 Å². The lowest BCUT2D eigenvalue weighted by atomic mass is 9.91. The normalized spacial score (nSPS) is 12.6. The van der Waals surface area contributed by atoms with Crippen LogP contribution >= 0.6 is 11.6 Å². The van der Waals surface area contributed by atoms with Gasteiger partial charge in [-0.05, 0) is 55.5 Å². The molecule has 140 valence electrons. The van der Waals surface area contributed by atoms with Crippen LogP contribution in [0.3, 0.4) is 0 Å². The van der Waals surface area contributed by atoms with Crippen LogP contribution in [0.2, 0.25) is 5.02 Å². The molecule has 0 spiro atoms. The minimum atomic E-state index is -0.256. The molecular weight excluding hydrogens is 362 g/mol. The molecule has 1 aliphatic rings. The summed E-state index contributed by atoms with van der Waals surface area (Å²) in [6.07, 6.45) is 3.81. The summed E-state index contributed by atoms with van der Waals surface area (Å²) < 4.78 is 9.19. The fourth-order valence-corrected chi connectivity index (χ4v) is 3.99. The molecule has 0 saturated heterocycles. The quantitative estimate of drug-likeness (QED) is 0.635. The van der Waals surface area contributed by atoms with Crippen LogP contribution in [0.1, 0.15) is 39.8 Å². The molecule has 2 aromatic heterocycles. The molecule has 27 heavy (non-hydrogen) atoms. The van der Waals surface area contributed by atoms with E-state index in [9.17, 15) is 4.79 Å². The standard InChI is InChI=1S/C21H22ClN3O2/c1-4-27-21(26)20-17-10-7-15-12-25(11-14-5-8-16(22)9-6-14)23-19(15)18(17)13(2)24(20)3/h5-6,8-9,12H,4,7,10-11H2,1-3H3. The Labute approximate surface area is 163 Å². The summed E-state index contributed by atoms with van der Waals surface area (Å²) in [7, 11) is 1.92. The van der Waals surface area contributed by atoms with Crippen molar-refractivity contribution in [3.63, 3.8) is 0 Å². The second-order valence-electron chi connectivity index (χ2n) is 6.89. The Bertz CT molecular complexity index is 1020. The maximum atomic E-state index is 12.5. The highest BCUT2D eigenvalue weighted by atomic mass is 35.5. The van der Waals surface area contributed by atoms with Crippen LogP contribution in [-0.2, 0) is 31.2 Å². The molecule has 0 amide bonds. The number of esters is 1. The van der Waals surface area contributed by atoms with E-state index < -0.39 is 0 Å². The first-order chi connectivity index (χ1) is 13.0. The summed E-state index contributed by atoms with van der Waals surface area (Å²) in [5, 5.41) is 5.58. The maximum Gasteiger partial charge on any atom is 0.355 e. The molecule has 5 nitrogen and oxygen atoms in total. The van der Waals surface area contributed by atoms with E-state index in [-0.39, 0.29) is 5.97 Å². The third-order valence-electron chi connectivity index (χ3n) is 5.23. The van der Waals surface area contributed by atoms with E-state index in [0.29, 0.717) is 18.8 Å². The van der Waals surface area contributed by atoms with Gasteiger partial charge < -0.3 is 9.30 Å². The van der Waals surface area contributed by atoms with Crippen LogP contribution in [-0.4, -0.2) is 26.9 Å². The van der Waals surface area contributed by atoms with Crippen molar-refractivity contribution in [3.05, 3.63) is 63.6 Å². The van der Waals surface area contributed by atoms with Gasteiger partial charge in [0, 0.05) is 29.5 Å². The van der Waals surface area contributed by atoms with Crippen LogP contribution < -0.4 is 0 Å². The Kier molecular flexibility index (Phi) is 4.56. The number of carbonyl (C=O) groups excluding carboxylic acids is 1. The summed E-state index contributed by atoms with van der Waals surface area (Å²) in [6, 6.07) is 7.82. The third-order valence-corrected chi connectivity index (χ3v) is 5.49. The van der Waals surface area contributed by atoms with Gasteiger partial charge in [0.2, 0.25) is 0 Å². The van der Waals surface area contributed by atoms with Crippen molar-refractivity contribution >= 4 is 17.6 Å². The van der Waals surface area contributed by atoms with Gasteiger partial charge in [-0.1, -0.05) is 23.7 Å². The molecule has 2 heterocycles. The average molecular weight is 384 g/mol. The number of aryl methyl sites for hydroxylation is 1. The highest BCUT2D eigenvalue weighted by molar-refractivity contribution is 6.30. The van der Waals surface area contributed by atoms with Crippen molar-refractivity contribution in [1.82, 2.24) is 14.3 Å². The van der Waals surface area contributed by atoms with E-state index in [1.807, 2.05) is 54.4 Å². The number of rotatable bonds is 4. The van der Waals surface area contributed by atoms with Gasteiger partial charge in [0.25, 0.3) is 0 Å². The molecular formula is C21H22ClN3O2. The summed E-state index contributed by atoms with van der Waals surface area (Å²) in [5.74, 6) is -0.256. The lowest BCUT2D eigenvalue weighted by Gasteiger charge is -2.12. The third kappa shape index (κ3) is 3.06. The van der Waals surface area contributed by atoms with Crippen LogP contribution in [0.5, 0.6) is 0 Å². The van der Waals surface area contributed by atoms with E-state index in [2.05, 4.69) is 6.20 Å². The molecule has 0 atom stereocenters. The molecule has 0 fully saturated rings. The Balaban J connectivity index is 1.73. The number of hydrogen-bond donors (Lipinski definition) is 0. The maximum absolute atomic E-state index is 12.5. The summed E-state index contributed by atoms with van der Waals surface area (Å²) in [6.45, 7) is 4.93. The van der Waals surface area contributed by atoms with E-state index in [1.54, 1.807) is 0 Å². The fourth-order valence-electron chi connectivity index (χ4n) is 3.87. The molecule has 0 unspecified atom stereocenters. The van der Waals surface area contributed by atoms with E-state index >= 15 is 0 Å². The van der Waals surface area contributed by atoms with Crippen molar-refractivity contribution in [1.29, 1.82) is 0 Å². The second-order valence-corrected chi connectivity index (χ2v) is 7.33. The molecule has 0 radical (unpaired) electrons. The fraction of sp³-hybridized carbons (Fsp3) is 0.333. The minimum absolute atomic E-state index is 0.256. The number of hydrogen-bond acceptors (Lipinski definition) is 3.